The molecule has 0 fully saturated rings. The maximum absolute atomic E-state index is 9.82. The van der Waals surface area contributed by atoms with Crippen LogP contribution in [-0.4, -0.2) is 11.2 Å². The third kappa shape index (κ3) is 3.13. The predicted molar refractivity (Wildman–Crippen MR) is 58.8 cm³/mol. The van der Waals surface area contributed by atoms with Crippen LogP contribution in [0.15, 0.2) is 30.3 Å². The first kappa shape index (κ1) is 11.2. The van der Waals surface area contributed by atoms with E-state index in [-0.39, 0.29) is 6.04 Å². The van der Waals surface area contributed by atoms with Crippen molar-refractivity contribution in [2.24, 2.45) is 11.7 Å². The molecule has 1 aromatic carbocycles. The van der Waals surface area contributed by atoms with E-state index in [4.69, 9.17) is 5.73 Å². The molecule has 0 unspecified atom stereocenters. The van der Waals surface area contributed by atoms with Gasteiger partial charge in [0.15, 0.2) is 0 Å². The minimum Gasteiger partial charge on any atom is -0.391 e. The Morgan fingerprint density at radius 1 is 1.21 bits per heavy atom. The van der Waals surface area contributed by atoms with Crippen LogP contribution in [0, 0.1) is 5.92 Å². The molecule has 0 aliphatic rings. The second kappa shape index (κ2) is 5.13. The highest BCUT2D eigenvalue weighted by Gasteiger charge is 2.17. The molecule has 0 saturated carbocycles. The van der Waals surface area contributed by atoms with E-state index in [1.165, 1.54) is 0 Å². The van der Waals surface area contributed by atoms with Crippen LogP contribution in [0.5, 0.6) is 0 Å². The standard InChI is InChI=1S/C12H19NO/c1-9(2)8-11(14)12(13)10-6-4-3-5-7-10/h3-7,9,11-12,14H,8,13H2,1-2H3/t11-,12+/m1/s1. The summed E-state index contributed by atoms with van der Waals surface area (Å²) >= 11 is 0. The zero-order valence-corrected chi connectivity index (χ0v) is 8.85. The lowest BCUT2D eigenvalue weighted by Crippen LogP contribution is -2.27. The normalized spacial score (nSPS) is 15.5. The minimum absolute atomic E-state index is 0.265. The molecule has 0 radical (unpaired) electrons. The number of rotatable bonds is 4. The smallest absolute Gasteiger partial charge is 0.0735 e. The number of benzene rings is 1. The van der Waals surface area contributed by atoms with Gasteiger partial charge in [-0.25, -0.2) is 0 Å². The molecule has 0 bridgehead atoms. The van der Waals surface area contributed by atoms with Gasteiger partial charge < -0.3 is 10.8 Å². The van der Waals surface area contributed by atoms with Crippen molar-refractivity contribution in [1.29, 1.82) is 0 Å². The summed E-state index contributed by atoms with van der Waals surface area (Å²) in [7, 11) is 0. The molecular weight excluding hydrogens is 174 g/mol. The second-order valence-electron chi connectivity index (χ2n) is 4.13. The molecule has 0 amide bonds. The molecule has 78 valence electrons. The van der Waals surface area contributed by atoms with Crippen molar-refractivity contribution in [3.05, 3.63) is 35.9 Å². The third-order valence-corrected chi connectivity index (χ3v) is 2.31. The summed E-state index contributed by atoms with van der Waals surface area (Å²) in [6.45, 7) is 4.17. The molecule has 2 heteroatoms. The van der Waals surface area contributed by atoms with E-state index in [2.05, 4.69) is 13.8 Å². The summed E-state index contributed by atoms with van der Waals surface area (Å²) in [5.74, 6) is 0.472. The minimum atomic E-state index is -0.447. The third-order valence-electron chi connectivity index (χ3n) is 2.31. The Kier molecular flexibility index (Phi) is 4.11. The first-order valence-electron chi connectivity index (χ1n) is 5.10. The number of aliphatic hydroxyl groups excluding tert-OH is 1. The van der Waals surface area contributed by atoms with Crippen molar-refractivity contribution in [3.8, 4) is 0 Å². The average molecular weight is 193 g/mol. The maximum Gasteiger partial charge on any atom is 0.0735 e. The molecule has 14 heavy (non-hydrogen) atoms. The van der Waals surface area contributed by atoms with Crippen LogP contribution in [0.25, 0.3) is 0 Å². The fourth-order valence-corrected chi connectivity index (χ4v) is 1.53. The first-order chi connectivity index (χ1) is 6.61. The molecule has 3 N–H and O–H groups in total. The SMILES string of the molecule is CC(C)C[C@@H](O)[C@@H](N)c1ccccc1. The summed E-state index contributed by atoms with van der Waals surface area (Å²) < 4.78 is 0. The Labute approximate surface area is 85.8 Å². The van der Waals surface area contributed by atoms with Crippen molar-refractivity contribution in [2.45, 2.75) is 32.4 Å². The molecule has 1 aromatic rings. The molecule has 0 aliphatic heterocycles. The zero-order valence-electron chi connectivity index (χ0n) is 8.85. The van der Waals surface area contributed by atoms with E-state index in [0.29, 0.717) is 5.92 Å². The Hall–Kier alpha value is -0.860. The van der Waals surface area contributed by atoms with E-state index in [0.717, 1.165) is 12.0 Å². The molecule has 0 saturated heterocycles. The monoisotopic (exact) mass is 193 g/mol. The largest absolute Gasteiger partial charge is 0.391 e. The lowest BCUT2D eigenvalue weighted by Gasteiger charge is -2.20. The second-order valence-corrected chi connectivity index (χ2v) is 4.13. The van der Waals surface area contributed by atoms with Gasteiger partial charge in [0.1, 0.15) is 0 Å². The van der Waals surface area contributed by atoms with Crippen LogP contribution < -0.4 is 5.73 Å². The van der Waals surface area contributed by atoms with Gasteiger partial charge in [-0.3, -0.25) is 0 Å². The van der Waals surface area contributed by atoms with Crippen LogP contribution in [0.2, 0.25) is 0 Å². The van der Waals surface area contributed by atoms with Gasteiger partial charge in [0.2, 0.25) is 0 Å². The summed E-state index contributed by atoms with van der Waals surface area (Å²) in [6, 6.07) is 9.47. The zero-order chi connectivity index (χ0) is 10.6. The molecule has 2 atom stereocenters. The average Bonchev–Trinajstić information content (AvgIpc) is 2.17. The Bertz CT molecular complexity index is 258. The van der Waals surface area contributed by atoms with Crippen LogP contribution >= 0.6 is 0 Å². The number of nitrogens with two attached hydrogens (primary N) is 1. The van der Waals surface area contributed by atoms with Gasteiger partial charge in [0.25, 0.3) is 0 Å². The lowest BCUT2D eigenvalue weighted by atomic mass is 9.95. The van der Waals surface area contributed by atoms with E-state index in [1.807, 2.05) is 30.3 Å². The number of aliphatic hydroxyl groups is 1. The predicted octanol–water partition coefficient (Wildman–Crippen LogP) is 2.09. The highest BCUT2D eigenvalue weighted by Crippen LogP contribution is 2.18. The fourth-order valence-electron chi connectivity index (χ4n) is 1.53. The maximum atomic E-state index is 9.82. The summed E-state index contributed by atoms with van der Waals surface area (Å²) in [4.78, 5) is 0. The van der Waals surface area contributed by atoms with Crippen molar-refractivity contribution >= 4 is 0 Å². The van der Waals surface area contributed by atoms with Gasteiger partial charge in [0, 0.05) is 0 Å². The molecule has 0 heterocycles. The van der Waals surface area contributed by atoms with Gasteiger partial charge in [-0.15, -0.1) is 0 Å². The van der Waals surface area contributed by atoms with Crippen molar-refractivity contribution < 1.29 is 5.11 Å². The highest BCUT2D eigenvalue weighted by molar-refractivity contribution is 5.19. The Morgan fingerprint density at radius 3 is 2.29 bits per heavy atom. The molecular formula is C12H19NO. The van der Waals surface area contributed by atoms with E-state index < -0.39 is 6.10 Å². The summed E-state index contributed by atoms with van der Waals surface area (Å²) in [5, 5.41) is 9.82. The Morgan fingerprint density at radius 2 is 1.79 bits per heavy atom. The number of hydrogen-bond acceptors (Lipinski definition) is 2. The van der Waals surface area contributed by atoms with Gasteiger partial charge in [-0.05, 0) is 17.9 Å². The topological polar surface area (TPSA) is 46.2 Å². The fraction of sp³-hybridized carbons (Fsp3) is 0.500. The molecule has 0 aromatic heterocycles. The van der Waals surface area contributed by atoms with E-state index in [1.54, 1.807) is 0 Å². The van der Waals surface area contributed by atoms with Crippen molar-refractivity contribution in [2.75, 3.05) is 0 Å². The highest BCUT2D eigenvalue weighted by atomic mass is 16.3. The molecule has 0 aliphatic carbocycles. The van der Waals surface area contributed by atoms with Gasteiger partial charge in [-0.1, -0.05) is 44.2 Å². The van der Waals surface area contributed by atoms with E-state index in [9.17, 15) is 5.11 Å². The van der Waals surface area contributed by atoms with E-state index >= 15 is 0 Å². The van der Waals surface area contributed by atoms with Crippen LogP contribution in [0.3, 0.4) is 0 Å². The molecule has 1 rings (SSSR count). The molecule has 0 spiro atoms. The lowest BCUT2D eigenvalue weighted by molar-refractivity contribution is 0.121. The Balaban J connectivity index is 2.61. The van der Waals surface area contributed by atoms with Crippen molar-refractivity contribution in [1.82, 2.24) is 0 Å². The summed E-state index contributed by atoms with van der Waals surface area (Å²) in [5.41, 5.74) is 6.94. The first-order valence-corrected chi connectivity index (χ1v) is 5.10. The summed E-state index contributed by atoms with van der Waals surface area (Å²) in [6.07, 6.45) is 0.299. The quantitative estimate of drug-likeness (QED) is 0.769. The van der Waals surface area contributed by atoms with Crippen LogP contribution in [0.4, 0.5) is 0 Å². The van der Waals surface area contributed by atoms with Crippen molar-refractivity contribution in [3.63, 3.8) is 0 Å². The van der Waals surface area contributed by atoms with Gasteiger partial charge in [-0.2, -0.15) is 0 Å². The van der Waals surface area contributed by atoms with Crippen LogP contribution in [0.1, 0.15) is 31.9 Å². The van der Waals surface area contributed by atoms with Gasteiger partial charge in [0.05, 0.1) is 12.1 Å². The van der Waals surface area contributed by atoms with Crippen LogP contribution in [-0.2, 0) is 0 Å². The van der Waals surface area contributed by atoms with Gasteiger partial charge >= 0.3 is 0 Å². The molecule has 2 nitrogen and oxygen atoms in total. The number of hydrogen-bond donors (Lipinski definition) is 2.